The van der Waals surface area contributed by atoms with Crippen LogP contribution in [0, 0.1) is 6.92 Å². The molecule has 0 unspecified atom stereocenters. The molecule has 0 aliphatic rings. The first-order chi connectivity index (χ1) is 12.7. The van der Waals surface area contributed by atoms with Crippen molar-refractivity contribution in [1.29, 1.82) is 0 Å². The molecule has 1 aromatic carbocycles. The van der Waals surface area contributed by atoms with E-state index in [4.69, 9.17) is 9.47 Å². The number of hydrogen-bond donors (Lipinski definition) is 1. The third-order valence-corrected chi connectivity index (χ3v) is 4.11. The van der Waals surface area contributed by atoms with Crippen LogP contribution >= 0.6 is 0 Å². The molecule has 146 valence electrons. The van der Waals surface area contributed by atoms with Gasteiger partial charge in [-0.25, -0.2) is 9.59 Å². The summed E-state index contributed by atoms with van der Waals surface area (Å²) >= 11 is 0. The summed E-state index contributed by atoms with van der Waals surface area (Å²) in [5.41, 5.74) is 2.72. The Morgan fingerprint density at radius 3 is 2.30 bits per heavy atom. The van der Waals surface area contributed by atoms with Crippen LogP contribution in [0.2, 0.25) is 0 Å². The second kappa shape index (κ2) is 8.89. The number of ether oxygens (including phenoxy) is 2. The van der Waals surface area contributed by atoms with E-state index in [9.17, 15) is 9.59 Å². The first-order valence-corrected chi connectivity index (χ1v) is 9.38. The number of hydrogen-bond acceptors (Lipinski definition) is 4. The zero-order valence-electron chi connectivity index (χ0n) is 16.8. The number of carbonyl (C=O) groups excluding carboxylic acids is 2. The van der Waals surface area contributed by atoms with Gasteiger partial charge in [-0.2, -0.15) is 0 Å². The van der Waals surface area contributed by atoms with Gasteiger partial charge in [0.15, 0.2) is 0 Å². The van der Waals surface area contributed by atoms with Gasteiger partial charge in [-0.15, -0.1) is 0 Å². The molecule has 0 aliphatic carbocycles. The summed E-state index contributed by atoms with van der Waals surface area (Å²) in [6.07, 6.45) is 2.26. The molecule has 5 heteroatoms. The molecule has 0 saturated carbocycles. The standard InChI is InChI=1S/C22H29NO4/c1-6-26-20(24)18-15(2)23-19(21(25)27-22(3,4)5)17(18)14-10-13-16-11-8-7-9-12-16/h7-9,11-12,23H,6,10,13-14H2,1-5H3. The Kier molecular flexibility index (Phi) is 6.83. The van der Waals surface area contributed by atoms with E-state index in [1.54, 1.807) is 13.8 Å². The minimum atomic E-state index is -0.610. The Bertz CT molecular complexity index is 785. The van der Waals surface area contributed by atoms with Crippen molar-refractivity contribution in [1.82, 2.24) is 4.98 Å². The Labute approximate surface area is 161 Å². The second-order valence-corrected chi connectivity index (χ2v) is 7.54. The molecule has 27 heavy (non-hydrogen) atoms. The van der Waals surface area contributed by atoms with Crippen molar-refractivity contribution in [3.63, 3.8) is 0 Å². The Hall–Kier alpha value is -2.56. The molecule has 0 radical (unpaired) electrons. The summed E-state index contributed by atoms with van der Waals surface area (Å²) in [4.78, 5) is 28.1. The van der Waals surface area contributed by atoms with Gasteiger partial charge in [0.1, 0.15) is 11.3 Å². The molecule has 0 atom stereocenters. The fourth-order valence-corrected chi connectivity index (χ4v) is 3.02. The van der Waals surface area contributed by atoms with Gasteiger partial charge >= 0.3 is 11.9 Å². The summed E-state index contributed by atoms with van der Waals surface area (Å²) in [7, 11) is 0. The molecule has 5 nitrogen and oxygen atoms in total. The first kappa shape index (κ1) is 20.7. The quantitative estimate of drug-likeness (QED) is 0.721. The smallest absolute Gasteiger partial charge is 0.355 e. The molecule has 1 N–H and O–H groups in total. The van der Waals surface area contributed by atoms with Crippen LogP contribution in [0.1, 0.15) is 71.8 Å². The van der Waals surface area contributed by atoms with Crippen LogP contribution in [0.4, 0.5) is 0 Å². The van der Waals surface area contributed by atoms with E-state index >= 15 is 0 Å². The molecule has 0 aliphatic heterocycles. The van der Waals surface area contributed by atoms with Gasteiger partial charge in [-0.05, 0) is 65.0 Å². The molecular formula is C22H29NO4. The second-order valence-electron chi connectivity index (χ2n) is 7.54. The molecular weight excluding hydrogens is 342 g/mol. The summed E-state index contributed by atoms with van der Waals surface area (Å²) in [5.74, 6) is -0.855. The number of benzene rings is 1. The number of carbonyl (C=O) groups is 2. The SMILES string of the molecule is CCOC(=O)c1c(C)[nH]c(C(=O)OC(C)(C)C)c1CCCc1ccccc1. The van der Waals surface area contributed by atoms with Crippen LogP contribution in [0.5, 0.6) is 0 Å². The van der Waals surface area contributed by atoms with E-state index < -0.39 is 17.5 Å². The summed E-state index contributed by atoms with van der Waals surface area (Å²) in [5, 5.41) is 0. The average Bonchev–Trinajstić information content (AvgIpc) is 2.91. The molecule has 2 aromatic rings. The fourth-order valence-electron chi connectivity index (χ4n) is 3.02. The predicted molar refractivity (Wildman–Crippen MR) is 105 cm³/mol. The highest BCUT2D eigenvalue weighted by Crippen LogP contribution is 2.25. The van der Waals surface area contributed by atoms with E-state index in [1.807, 2.05) is 39.0 Å². The topological polar surface area (TPSA) is 68.4 Å². The van der Waals surface area contributed by atoms with Gasteiger partial charge in [0, 0.05) is 5.69 Å². The van der Waals surface area contributed by atoms with E-state index in [-0.39, 0.29) is 6.61 Å². The lowest BCUT2D eigenvalue weighted by atomic mass is 10.00. The van der Waals surface area contributed by atoms with Crippen LogP contribution < -0.4 is 0 Å². The number of rotatable bonds is 7. The largest absolute Gasteiger partial charge is 0.462 e. The molecule has 1 heterocycles. The maximum Gasteiger partial charge on any atom is 0.355 e. The van der Waals surface area contributed by atoms with E-state index in [0.29, 0.717) is 28.9 Å². The Morgan fingerprint density at radius 1 is 1.04 bits per heavy atom. The molecule has 0 spiro atoms. The number of aromatic amines is 1. The molecule has 0 saturated heterocycles. The van der Waals surface area contributed by atoms with Crippen LogP contribution in [0.15, 0.2) is 30.3 Å². The third kappa shape index (κ3) is 5.71. The van der Waals surface area contributed by atoms with Gasteiger partial charge in [-0.3, -0.25) is 0 Å². The van der Waals surface area contributed by atoms with Gasteiger partial charge in [0.05, 0.1) is 12.2 Å². The van der Waals surface area contributed by atoms with Crippen molar-refractivity contribution >= 4 is 11.9 Å². The van der Waals surface area contributed by atoms with Crippen molar-refractivity contribution in [2.45, 2.75) is 59.5 Å². The number of nitrogens with one attached hydrogen (secondary N) is 1. The van der Waals surface area contributed by atoms with Gasteiger partial charge in [0.2, 0.25) is 0 Å². The lowest BCUT2D eigenvalue weighted by Gasteiger charge is -2.19. The third-order valence-electron chi connectivity index (χ3n) is 4.11. The summed E-state index contributed by atoms with van der Waals surface area (Å²) < 4.78 is 10.7. The molecule has 0 bridgehead atoms. The lowest BCUT2D eigenvalue weighted by molar-refractivity contribution is 0.00621. The van der Waals surface area contributed by atoms with Crippen molar-refractivity contribution in [3.05, 3.63) is 58.4 Å². The maximum atomic E-state index is 12.7. The summed E-state index contributed by atoms with van der Waals surface area (Å²) in [6, 6.07) is 10.1. The lowest BCUT2D eigenvalue weighted by Crippen LogP contribution is -2.25. The van der Waals surface area contributed by atoms with E-state index in [0.717, 1.165) is 12.8 Å². The van der Waals surface area contributed by atoms with Crippen LogP contribution in [-0.4, -0.2) is 29.1 Å². The Balaban J connectivity index is 2.28. The fraction of sp³-hybridized carbons (Fsp3) is 0.455. The van der Waals surface area contributed by atoms with Crippen molar-refractivity contribution in [3.8, 4) is 0 Å². The van der Waals surface area contributed by atoms with Crippen molar-refractivity contribution < 1.29 is 19.1 Å². The predicted octanol–water partition coefficient (Wildman–Crippen LogP) is 4.63. The Morgan fingerprint density at radius 2 is 1.70 bits per heavy atom. The highest BCUT2D eigenvalue weighted by molar-refractivity contribution is 5.98. The first-order valence-electron chi connectivity index (χ1n) is 9.38. The van der Waals surface area contributed by atoms with Crippen molar-refractivity contribution in [2.24, 2.45) is 0 Å². The van der Waals surface area contributed by atoms with Crippen molar-refractivity contribution in [2.75, 3.05) is 6.61 Å². The zero-order valence-corrected chi connectivity index (χ0v) is 16.8. The van der Waals surface area contributed by atoms with Gasteiger partial charge < -0.3 is 14.5 Å². The maximum absolute atomic E-state index is 12.7. The van der Waals surface area contributed by atoms with E-state index in [2.05, 4.69) is 17.1 Å². The molecule has 0 fully saturated rings. The normalized spacial score (nSPS) is 11.3. The van der Waals surface area contributed by atoms with Crippen LogP contribution in [0.25, 0.3) is 0 Å². The number of aromatic nitrogens is 1. The molecule has 0 amide bonds. The highest BCUT2D eigenvalue weighted by Gasteiger charge is 2.28. The minimum absolute atomic E-state index is 0.286. The van der Waals surface area contributed by atoms with Gasteiger partial charge in [-0.1, -0.05) is 30.3 Å². The van der Waals surface area contributed by atoms with Crippen LogP contribution in [-0.2, 0) is 22.3 Å². The number of aryl methyl sites for hydroxylation is 2. The monoisotopic (exact) mass is 371 g/mol. The van der Waals surface area contributed by atoms with E-state index in [1.165, 1.54) is 5.56 Å². The summed E-state index contributed by atoms with van der Waals surface area (Å²) in [6.45, 7) is 9.30. The molecule has 1 aromatic heterocycles. The highest BCUT2D eigenvalue weighted by atomic mass is 16.6. The average molecular weight is 371 g/mol. The van der Waals surface area contributed by atoms with Crippen LogP contribution in [0.3, 0.4) is 0 Å². The number of esters is 2. The molecule has 2 rings (SSSR count). The minimum Gasteiger partial charge on any atom is -0.462 e. The number of H-pyrrole nitrogens is 1. The zero-order chi connectivity index (χ0) is 20.0. The van der Waals surface area contributed by atoms with Gasteiger partial charge in [0.25, 0.3) is 0 Å².